The lowest BCUT2D eigenvalue weighted by Gasteiger charge is -2.19. The van der Waals surface area contributed by atoms with Crippen molar-refractivity contribution in [3.63, 3.8) is 0 Å². The zero-order valence-electron chi connectivity index (χ0n) is 14.9. The maximum atomic E-state index is 12.5. The van der Waals surface area contributed by atoms with Crippen LogP contribution < -0.4 is 10.1 Å². The van der Waals surface area contributed by atoms with Gasteiger partial charge in [0.05, 0.1) is 6.04 Å². The number of carbonyl (C=O) groups is 1. The molecule has 2 rings (SSSR count). The van der Waals surface area contributed by atoms with E-state index in [1.54, 1.807) is 19.5 Å². The molecule has 1 aromatic carbocycles. The third kappa shape index (κ3) is 5.46. The van der Waals surface area contributed by atoms with E-state index in [0.29, 0.717) is 11.6 Å². The summed E-state index contributed by atoms with van der Waals surface area (Å²) in [5, 5.41) is 12.2. The molecular formula is C19H22N4O3. The van der Waals surface area contributed by atoms with Crippen molar-refractivity contribution >= 4 is 12.0 Å². The Kier molecular flexibility index (Phi) is 7.40. The maximum absolute atomic E-state index is 12.5. The van der Waals surface area contributed by atoms with Gasteiger partial charge in [-0.2, -0.15) is 5.26 Å². The maximum Gasteiger partial charge on any atom is 0.262 e. The van der Waals surface area contributed by atoms with Crippen LogP contribution in [-0.2, 0) is 9.53 Å². The molecule has 1 aromatic heterocycles. The fourth-order valence-electron chi connectivity index (χ4n) is 2.41. The second-order valence-electron chi connectivity index (χ2n) is 5.58. The highest BCUT2D eigenvalue weighted by Gasteiger charge is 2.17. The molecule has 7 nitrogen and oxygen atoms in total. The van der Waals surface area contributed by atoms with E-state index in [0.717, 1.165) is 18.4 Å². The van der Waals surface area contributed by atoms with Crippen molar-refractivity contribution in [3.05, 3.63) is 53.6 Å². The summed E-state index contributed by atoms with van der Waals surface area (Å²) in [6.07, 6.45) is 6.26. The summed E-state index contributed by atoms with van der Waals surface area (Å²) >= 11 is 0. The lowest BCUT2D eigenvalue weighted by atomic mass is 10.0. The molecule has 2 aromatic rings. The lowest BCUT2D eigenvalue weighted by molar-refractivity contribution is -0.117. The average molecular weight is 354 g/mol. The quantitative estimate of drug-likeness (QED) is 0.410. The molecule has 0 aliphatic heterocycles. The van der Waals surface area contributed by atoms with Crippen molar-refractivity contribution in [2.24, 2.45) is 0 Å². The van der Waals surface area contributed by atoms with Crippen molar-refractivity contribution in [1.29, 1.82) is 5.26 Å². The van der Waals surface area contributed by atoms with Gasteiger partial charge in [-0.25, -0.2) is 4.98 Å². The zero-order valence-corrected chi connectivity index (χ0v) is 14.9. The number of hydrogen-bond donors (Lipinski definition) is 2. The Labute approximate surface area is 152 Å². The van der Waals surface area contributed by atoms with E-state index in [4.69, 9.17) is 9.47 Å². The van der Waals surface area contributed by atoms with Crippen LogP contribution in [0.25, 0.3) is 6.08 Å². The van der Waals surface area contributed by atoms with E-state index in [1.165, 1.54) is 6.08 Å². The van der Waals surface area contributed by atoms with Crippen LogP contribution in [0.15, 0.2) is 42.2 Å². The largest absolute Gasteiger partial charge is 0.468 e. The SMILES string of the molecule is CCCC(NC(=O)/C(C#N)=C/c1ncc[nH]1)c1ccc(OCOC)cc1. The molecule has 1 atom stereocenters. The normalized spacial score (nSPS) is 12.3. The molecular weight excluding hydrogens is 332 g/mol. The minimum absolute atomic E-state index is 0.00102. The molecule has 0 bridgehead atoms. The molecule has 136 valence electrons. The van der Waals surface area contributed by atoms with Gasteiger partial charge in [0.1, 0.15) is 23.2 Å². The first-order chi connectivity index (χ1) is 12.7. The van der Waals surface area contributed by atoms with Crippen molar-refractivity contribution in [1.82, 2.24) is 15.3 Å². The fraction of sp³-hybridized carbons (Fsp3) is 0.316. The number of nitrogens with one attached hydrogen (secondary N) is 2. The Morgan fingerprint density at radius 2 is 2.19 bits per heavy atom. The fourth-order valence-corrected chi connectivity index (χ4v) is 2.41. The van der Waals surface area contributed by atoms with Crippen LogP contribution in [-0.4, -0.2) is 29.8 Å². The third-order valence-corrected chi connectivity index (χ3v) is 3.67. The van der Waals surface area contributed by atoms with Gasteiger partial charge in [0.15, 0.2) is 6.79 Å². The zero-order chi connectivity index (χ0) is 18.8. The predicted octanol–water partition coefficient (Wildman–Crippen LogP) is 2.96. The Morgan fingerprint density at radius 1 is 1.42 bits per heavy atom. The number of nitrogens with zero attached hydrogens (tertiary/aromatic N) is 2. The summed E-state index contributed by atoms with van der Waals surface area (Å²) in [5.74, 6) is 0.720. The van der Waals surface area contributed by atoms with E-state index in [-0.39, 0.29) is 18.4 Å². The number of H-pyrrole nitrogens is 1. The molecule has 0 aliphatic rings. The topological polar surface area (TPSA) is 100 Å². The van der Waals surface area contributed by atoms with Gasteiger partial charge in [-0.05, 0) is 24.1 Å². The number of aromatic amines is 1. The summed E-state index contributed by atoms with van der Waals surface area (Å²) < 4.78 is 10.2. The number of aromatic nitrogens is 2. The number of imidazole rings is 1. The van der Waals surface area contributed by atoms with Crippen LogP contribution in [0.2, 0.25) is 0 Å². The number of methoxy groups -OCH3 is 1. The van der Waals surface area contributed by atoms with Gasteiger partial charge < -0.3 is 19.8 Å². The molecule has 0 spiro atoms. The van der Waals surface area contributed by atoms with E-state index in [9.17, 15) is 10.1 Å². The monoisotopic (exact) mass is 354 g/mol. The molecule has 0 saturated carbocycles. The minimum atomic E-state index is -0.429. The smallest absolute Gasteiger partial charge is 0.262 e. The first kappa shape index (κ1) is 19.2. The van der Waals surface area contributed by atoms with Gasteiger partial charge in [0.2, 0.25) is 0 Å². The number of rotatable bonds is 9. The van der Waals surface area contributed by atoms with Gasteiger partial charge >= 0.3 is 0 Å². The van der Waals surface area contributed by atoms with Crippen LogP contribution in [0.5, 0.6) is 5.75 Å². The summed E-state index contributed by atoms with van der Waals surface area (Å²) in [6.45, 7) is 2.22. The van der Waals surface area contributed by atoms with Gasteiger partial charge in [0.25, 0.3) is 5.91 Å². The molecule has 2 N–H and O–H groups in total. The molecule has 0 aliphatic carbocycles. The van der Waals surface area contributed by atoms with Crippen LogP contribution >= 0.6 is 0 Å². The first-order valence-electron chi connectivity index (χ1n) is 8.31. The van der Waals surface area contributed by atoms with Crippen molar-refractivity contribution in [2.75, 3.05) is 13.9 Å². The second-order valence-corrected chi connectivity index (χ2v) is 5.58. The predicted molar refractivity (Wildman–Crippen MR) is 96.9 cm³/mol. The summed E-state index contributed by atoms with van der Waals surface area (Å²) in [4.78, 5) is 19.3. The van der Waals surface area contributed by atoms with Gasteiger partial charge in [-0.15, -0.1) is 0 Å². The molecule has 0 fully saturated rings. The molecule has 0 radical (unpaired) electrons. The molecule has 7 heteroatoms. The van der Waals surface area contributed by atoms with Crippen LogP contribution in [0.4, 0.5) is 0 Å². The van der Waals surface area contributed by atoms with Crippen LogP contribution in [0, 0.1) is 11.3 Å². The number of nitriles is 1. The Bertz CT molecular complexity index is 761. The van der Waals surface area contributed by atoms with E-state index >= 15 is 0 Å². The lowest BCUT2D eigenvalue weighted by Crippen LogP contribution is -2.29. The third-order valence-electron chi connectivity index (χ3n) is 3.67. The van der Waals surface area contributed by atoms with E-state index in [1.807, 2.05) is 37.3 Å². The van der Waals surface area contributed by atoms with Crippen LogP contribution in [0.1, 0.15) is 37.2 Å². The first-order valence-corrected chi connectivity index (χ1v) is 8.31. The average Bonchev–Trinajstić information content (AvgIpc) is 3.17. The van der Waals surface area contributed by atoms with Gasteiger partial charge in [0, 0.05) is 25.6 Å². The number of carbonyl (C=O) groups excluding carboxylic acids is 1. The Hall–Kier alpha value is -3.11. The number of ether oxygens (including phenoxy) is 2. The molecule has 1 heterocycles. The van der Waals surface area contributed by atoms with Crippen molar-refractivity contribution in [3.8, 4) is 11.8 Å². The number of benzene rings is 1. The minimum Gasteiger partial charge on any atom is -0.468 e. The Morgan fingerprint density at radius 3 is 2.77 bits per heavy atom. The van der Waals surface area contributed by atoms with E-state index < -0.39 is 5.91 Å². The van der Waals surface area contributed by atoms with Crippen LogP contribution in [0.3, 0.4) is 0 Å². The van der Waals surface area contributed by atoms with Gasteiger partial charge in [-0.3, -0.25) is 4.79 Å². The highest BCUT2D eigenvalue weighted by Crippen LogP contribution is 2.22. The Balaban J connectivity index is 2.11. The standard InChI is InChI=1S/C19H22N4O3/c1-3-4-17(14-5-7-16(8-6-14)26-13-25-2)23-19(24)15(12-20)11-18-21-9-10-22-18/h5-11,17H,3-4,13H2,1-2H3,(H,21,22)(H,23,24)/b15-11+. The molecule has 1 amide bonds. The highest BCUT2D eigenvalue weighted by atomic mass is 16.7. The molecule has 0 saturated heterocycles. The van der Waals surface area contributed by atoms with Crippen molar-refractivity contribution in [2.45, 2.75) is 25.8 Å². The molecule has 26 heavy (non-hydrogen) atoms. The highest BCUT2D eigenvalue weighted by molar-refractivity contribution is 6.01. The summed E-state index contributed by atoms with van der Waals surface area (Å²) in [5.41, 5.74) is 0.946. The van der Waals surface area contributed by atoms with Gasteiger partial charge in [-0.1, -0.05) is 25.5 Å². The number of amides is 1. The summed E-state index contributed by atoms with van der Waals surface area (Å²) in [6, 6.07) is 9.18. The number of hydrogen-bond acceptors (Lipinski definition) is 5. The van der Waals surface area contributed by atoms with E-state index in [2.05, 4.69) is 15.3 Å². The molecule has 1 unspecified atom stereocenters. The second kappa shape index (κ2) is 10.0. The van der Waals surface area contributed by atoms with Crippen molar-refractivity contribution < 1.29 is 14.3 Å². The summed E-state index contributed by atoms with van der Waals surface area (Å²) in [7, 11) is 1.56.